The third-order valence-electron chi connectivity index (χ3n) is 4.15. The molecule has 0 aliphatic heterocycles. The highest BCUT2D eigenvalue weighted by molar-refractivity contribution is 5.75. The maximum Gasteiger partial charge on any atom is 0.315 e. The summed E-state index contributed by atoms with van der Waals surface area (Å²) in [6.45, 7) is 2.20. The predicted octanol–water partition coefficient (Wildman–Crippen LogP) is 1.73. The number of urea groups is 1. The highest BCUT2D eigenvalue weighted by Gasteiger charge is 2.31. The molecule has 0 aromatic rings. The lowest BCUT2D eigenvalue weighted by Gasteiger charge is -2.17. The Morgan fingerprint density at radius 3 is 2.11 bits per heavy atom. The minimum absolute atomic E-state index is 0.0185. The van der Waals surface area contributed by atoms with Gasteiger partial charge in [0, 0.05) is 12.1 Å². The molecule has 3 N–H and O–H groups in total. The molecule has 0 bridgehead atoms. The van der Waals surface area contributed by atoms with Crippen molar-refractivity contribution in [3.63, 3.8) is 0 Å². The van der Waals surface area contributed by atoms with Gasteiger partial charge in [-0.25, -0.2) is 4.79 Å². The topological polar surface area (TPSA) is 78.4 Å². The quantitative estimate of drug-likeness (QED) is 0.717. The maximum absolute atomic E-state index is 11.8. The van der Waals surface area contributed by atoms with E-state index in [0.717, 1.165) is 19.3 Å². The summed E-state index contributed by atoms with van der Waals surface area (Å²) in [7, 11) is 0. The maximum atomic E-state index is 11.8. The number of amides is 2. The highest BCUT2D eigenvalue weighted by atomic mass is 16.4. The third kappa shape index (κ3) is 3.37. The van der Waals surface area contributed by atoms with Crippen LogP contribution in [-0.2, 0) is 4.79 Å². The van der Waals surface area contributed by atoms with Gasteiger partial charge in [-0.2, -0.15) is 0 Å². The van der Waals surface area contributed by atoms with Crippen molar-refractivity contribution in [3.05, 3.63) is 0 Å². The molecule has 5 nitrogen and oxygen atoms in total. The minimum Gasteiger partial charge on any atom is -0.481 e. The molecule has 5 heteroatoms. The zero-order valence-corrected chi connectivity index (χ0v) is 10.8. The van der Waals surface area contributed by atoms with Gasteiger partial charge in [0.05, 0.1) is 5.92 Å². The van der Waals surface area contributed by atoms with E-state index in [-0.39, 0.29) is 24.0 Å². The Morgan fingerprint density at radius 2 is 1.61 bits per heavy atom. The number of carboxylic acids is 1. The van der Waals surface area contributed by atoms with Gasteiger partial charge < -0.3 is 15.7 Å². The first-order valence-corrected chi connectivity index (χ1v) is 6.84. The van der Waals surface area contributed by atoms with Crippen molar-refractivity contribution in [2.75, 3.05) is 0 Å². The fourth-order valence-corrected chi connectivity index (χ4v) is 3.09. The van der Waals surface area contributed by atoms with E-state index in [9.17, 15) is 9.59 Å². The monoisotopic (exact) mass is 254 g/mol. The summed E-state index contributed by atoms with van der Waals surface area (Å²) in [4.78, 5) is 22.6. The lowest BCUT2D eigenvalue weighted by atomic mass is 10.1. The summed E-state index contributed by atoms with van der Waals surface area (Å²) < 4.78 is 0. The number of aliphatic carboxylic acids is 1. The molecular formula is C13H22N2O3. The Kier molecular flexibility index (Phi) is 4.09. The number of carbonyl (C=O) groups is 2. The standard InChI is InChI=1S/C13H22N2O3/c1-8-2-4-10(6-8)14-13(18)15-11-5-3-9(7-11)12(16)17/h8-11H,2-7H2,1H3,(H,16,17)(H2,14,15,18). The van der Waals surface area contributed by atoms with E-state index in [1.165, 1.54) is 6.42 Å². The Labute approximate surface area is 107 Å². The highest BCUT2D eigenvalue weighted by Crippen LogP contribution is 2.26. The van der Waals surface area contributed by atoms with Crippen molar-refractivity contribution < 1.29 is 14.7 Å². The van der Waals surface area contributed by atoms with E-state index in [1.54, 1.807) is 0 Å². The Bertz CT molecular complexity index is 332. The van der Waals surface area contributed by atoms with E-state index in [4.69, 9.17) is 5.11 Å². The zero-order valence-electron chi connectivity index (χ0n) is 10.8. The van der Waals surface area contributed by atoms with Crippen LogP contribution >= 0.6 is 0 Å². The lowest BCUT2D eigenvalue weighted by Crippen LogP contribution is -2.45. The normalized spacial score (nSPS) is 35.4. The van der Waals surface area contributed by atoms with Crippen molar-refractivity contribution in [3.8, 4) is 0 Å². The molecule has 2 saturated carbocycles. The van der Waals surface area contributed by atoms with Gasteiger partial charge in [-0.3, -0.25) is 4.79 Å². The fourth-order valence-electron chi connectivity index (χ4n) is 3.09. The smallest absolute Gasteiger partial charge is 0.315 e. The van der Waals surface area contributed by atoms with Crippen LogP contribution in [0.1, 0.15) is 45.4 Å². The molecule has 102 valence electrons. The molecule has 0 radical (unpaired) electrons. The number of hydrogen-bond donors (Lipinski definition) is 3. The molecule has 0 saturated heterocycles. The molecule has 0 spiro atoms. The van der Waals surface area contributed by atoms with Crippen molar-refractivity contribution in [1.29, 1.82) is 0 Å². The number of carboxylic acid groups (broad SMARTS) is 1. The summed E-state index contributed by atoms with van der Waals surface area (Å²) in [5.74, 6) is -0.343. The minimum atomic E-state index is -0.746. The first kappa shape index (κ1) is 13.2. The Balaban J connectivity index is 1.70. The second kappa shape index (κ2) is 5.59. The molecule has 2 rings (SSSR count). The molecule has 2 fully saturated rings. The molecule has 2 aliphatic rings. The van der Waals surface area contributed by atoms with Gasteiger partial charge in [-0.15, -0.1) is 0 Å². The van der Waals surface area contributed by atoms with E-state index < -0.39 is 5.97 Å². The zero-order chi connectivity index (χ0) is 13.1. The summed E-state index contributed by atoms with van der Waals surface area (Å²) >= 11 is 0. The first-order chi connectivity index (χ1) is 8.54. The van der Waals surface area contributed by atoms with Crippen molar-refractivity contribution in [1.82, 2.24) is 10.6 Å². The second-order valence-corrected chi connectivity index (χ2v) is 5.78. The number of nitrogens with one attached hydrogen (secondary N) is 2. The first-order valence-electron chi connectivity index (χ1n) is 6.84. The molecule has 2 amide bonds. The van der Waals surface area contributed by atoms with Crippen LogP contribution in [0.25, 0.3) is 0 Å². The SMILES string of the molecule is CC1CCC(NC(=O)NC2CCC(C(=O)O)C2)C1. The summed E-state index contributed by atoms with van der Waals surface area (Å²) in [5, 5.41) is 14.8. The average Bonchev–Trinajstić information content (AvgIpc) is 2.88. The van der Waals surface area contributed by atoms with Gasteiger partial charge in [0.15, 0.2) is 0 Å². The van der Waals surface area contributed by atoms with Crippen LogP contribution in [-0.4, -0.2) is 29.2 Å². The van der Waals surface area contributed by atoms with Crippen LogP contribution in [0.5, 0.6) is 0 Å². The van der Waals surface area contributed by atoms with Gasteiger partial charge >= 0.3 is 12.0 Å². The fraction of sp³-hybridized carbons (Fsp3) is 0.846. The van der Waals surface area contributed by atoms with E-state index in [2.05, 4.69) is 17.6 Å². The van der Waals surface area contributed by atoms with E-state index >= 15 is 0 Å². The summed E-state index contributed by atoms with van der Waals surface area (Å²) in [6, 6.07) is 0.173. The molecule has 4 atom stereocenters. The second-order valence-electron chi connectivity index (χ2n) is 5.78. The average molecular weight is 254 g/mol. The van der Waals surface area contributed by atoms with Crippen LogP contribution in [0, 0.1) is 11.8 Å². The molecule has 0 heterocycles. The van der Waals surface area contributed by atoms with Crippen LogP contribution in [0.3, 0.4) is 0 Å². The van der Waals surface area contributed by atoms with Crippen molar-refractivity contribution >= 4 is 12.0 Å². The van der Waals surface area contributed by atoms with Crippen LogP contribution < -0.4 is 10.6 Å². The van der Waals surface area contributed by atoms with Gasteiger partial charge in [0.1, 0.15) is 0 Å². The van der Waals surface area contributed by atoms with Gasteiger partial charge in [-0.1, -0.05) is 6.92 Å². The number of carbonyl (C=O) groups excluding carboxylic acids is 1. The third-order valence-corrected chi connectivity index (χ3v) is 4.15. The molecule has 0 aromatic heterocycles. The summed E-state index contributed by atoms with van der Waals surface area (Å²) in [6.07, 6.45) is 5.28. The largest absolute Gasteiger partial charge is 0.481 e. The number of rotatable bonds is 3. The Morgan fingerprint density at radius 1 is 1.00 bits per heavy atom. The Hall–Kier alpha value is -1.26. The molecule has 2 aliphatic carbocycles. The van der Waals surface area contributed by atoms with Gasteiger partial charge in [0.25, 0.3) is 0 Å². The van der Waals surface area contributed by atoms with Crippen molar-refractivity contribution in [2.24, 2.45) is 11.8 Å². The van der Waals surface area contributed by atoms with Gasteiger partial charge in [-0.05, 0) is 44.4 Å². The van der Waals surface area contributed by atoms with Crippen molar-refractivity contribution in [2.45, 2.75) is 57.5 Å². The summed E-state index contributed by atoms with van der Waals surface area (Å²) in [5.41, 5.74) is 0. The van der Waals surface area contributed by atoms with Crippen LogP contribution in [0.15, 0.2) is 0 Å². The molecule has 0 aromatic carbocycles. The number of hydrogen-bond acceptors (Lipinski definition) is 2. The van der Waals surface area contributed by atoms with E-state index in [1.807, 2.05) is 0 Å². The molecule has 18 heavy (non-hydrogen) atoms. The predicted molar refractivity (Wildman–Crippen MR) is 67.2 cm³/mol. The molecule has 4 unspecified atom stereocenters. The molecular weight excluding hydrogens is 232 g/mol. The van der Waals surface area contributed by atoms with Gasteiger partial charge in [0.2, 0.25) is 0 Å². The lowest BCUT2D eigenvalue weighted by molar-refractivity contribution is -0.141. The van der Waals surface area contributed by atoms with E-state index in [0.29, 0.717) is 18.8 Å². The van der Waals surface area contributed by atoms with Crippen LogP contribution in [0.2, 0.25) is 0 Å². The van der Waals surface area contributed by atoms with Crippen LogP contribution in [0.4, 0.5) is 4.79 Å².